The Labute approximate surface area is 120 Å². The Morgan fingerprint density at radius 1 is 1.11 bits per heavy atom. The molecule has 1 nitrogen and oxygen atoms in total. The quantitative estimate of drug-likeness (QED) is 0.561. The van der Waals surface area contributed by atoms with Gasteiger partial charge in [0.25, 0.3) is 0 Å². The first-order valence-corrected chi connectivity index (χ1v) is 7.68. The molecule has 1 heteroatoms. The Morgan fingerprint density at radius 2 is 1.74 bits per heavy atom. The average Bonchev–Trinajstić information content (AvgIpc) is 2.35. The van der Waals surface area contributed by atoms with E-state index in [-0.39, 0.29) is 5.41 Å². The van der Waals surface area contributed by atoms with Crippen LogP contribution in [0.1, 0.15) is 67.7 Å². The maximum absolute atomic E-state index is 3.46. The molecule has 0 aromatic carbocycles. The molecule has 0 aromatic rings. The van der Waals surface area contributed by atoms with Crippen molar-refractivity contribution in [3.8, 4) is 0 Å². The van der Waals surface area contributed by atoms with Gasteiger partial charge in [0.15, 0.2) is 0 Å². The van der Waals surface area contributed by atoms with Crippen molar-refractivity contribution in [2.75, 3.05) is 6.54 Å². The first kappa shape index (κ1) is 18.0. The van der Waals surface area contributed by atoms with Gasteiger partial charge < -0.3 is 5.32 Å². The minimum atomic E-state index is 0.218. The molecule has 19 heavy (non-hydrogen) atoms. The van der Waals surface area contributed by atoms with Gasteiger partial charge in [-0.25, -0.2) is 0 Å². The summed E-state index contributed by atoms with van der Waals surface area (Å²) >= 11 is 0. The van der Waals surface area contributed by atoms with Crippen molar-refractivity contribution in [1.82, 2.24) is 5.32 Å². The van der Waals surface area contributed by atoms with E-state index < -0.39 is 0 Å². The zero-order valence-corrected chi connectivity index (χ0v) is 14.1. The molecule has 0 aliphatic carbocycles. The van der Waals surface area contributed by atoms with Crippen molar-refractivity contribution in [2.24, 2.45) is 5.41 Å². The fraction of sp³-hybridized carbons (Fsp3) is 0.667. The molecular formula is C18H33N. The zero-order chi connectivity index (χ0) is 14.9. The topological polar surface area (TPSA) is 12.0 Å². The predicted octanol–water partition coefficient (Wildman–Crippen LogP) is 5.61. The van der Waals surface area contributed by atoms with Crippen LogP contribution in [-0.2, 0) is 0 Å². The van der Waals surface area contributed by atoms with Crippen LogP contribution >= 0.6 is 0 Å². The number of rotatable bonds is 8. The minimum absolute atomic E-state index is 0.218. The second-order valence-corrected chi connectivity index (χ2v) is 5.93. The lowest BCUT2D eigenvalue weighted by atomic mass is 9.80. The van der Waals surface area contributed by atoms with Crippen LogP contribution in [0.2, 0.25) is 0 Å². The van der Waals surface area contributed by atoms with Gasteiger partial charge in [-0.2, -0.15) is 0 Å². The third-order valence-corrected chi connectivity index (χ3v) is 3.75. The van der Waals surface area contributed by atoms with Crippen LogP contribution in [0.3, 0.4) is 0 Å². The highest BCUT2D eigenvalue weighted by Crippen LogP contribution is 2.32. The summed E-state index contributed by atoms with van der Waals surface area (Å²) in [6.45, 7) is 16.6. The molecule has 0 aliphatic rings. The van der Waals surface area contributed by atoms with Gasteiger partial charge in [-0.05, 0) is 44.6 Å². The summed E-state index contributed by atoms with van der Waals surface area (Å²) in [6.07, 6.45) is 10.3. The highest BCUT2D eigenvalue weighted by molar-refractivity contribution is 5.32. The van der Waals surface area contributed by atoms with Crippen molar-refractivity contribution in [2.45, 2.75) is 67.7 Å². The number of hydrogen-bond acceptors (Lipinski definition) is 1. The van der Waals surface area contributed by atoms with Crippen LogP contribution in [0.4, 0.5) is 0 Å². The summed E-state index contributed by atoms with van der Waals surface area (Å²) in [7, 11) is 0. The second kappa shape index (κ2) is 9.01. The largest absolute Gasteiger partial charge is 0.389 e. The Hall–Kier alpha value is -0.980. The van der Waals surface area contributed by atoms with E-state index in [0.717, 1.165) is 13.0 Å². The lowest BCUT2D eigenvalue weighted by molar-refractivity contribution is 0.432. The van der Waals surface area contributed by atoms with E-state index in [1.165, 1.54) is 29.7 Å². The van der Waals surface area contributed by atoms with Crippen LogP contribution in [0.5, 0.6) is 0 Å². The van der Waals surface area contributed by atoms with Crippen LogP contribution in [0.25, 0.3) is 0 Å². The average molecular weight is 263 g/mol. The van der Waals surface area contributed by atoms with E-state index in [0.29, 0.717) is 0 Å². The molecule has 0 heterocycles. The van der Waals surface area contributed by atoms with Gasteiger partial charge in [0.05, 0.1) is 0 Å². The molecule has 0 aliphatic heterocycles. The molecule has 0 unspecified atom stereocenters. The van der Waals surface area contributed by atoms with Gasteiger partial charge in [-0.1, -0.05) is 57.9 Å². The summed E-state index contributed by atoms with van der Waals surface area (Å²) in [6, 6.07) is 0. The highest BCUT2D eigenvalue weighted by Gasteiger charge is 2.20. The van der Waals surface area contributed by atoms with Gasteiger partial charge >= 0.3 is 0 Å². The second-order valence-electron chi connectivity index (χ2n) is 5.93. The monoisotopic (exact) mass is 263 g/mol. The molecule has 1 N–H and O–H groups in total. The fourth-order valence-corrected chi connectivity index (χ4v) is 2.20. The van der Waals surface area contributed by atoms with Crippen LogP contribution in [0.15, 0.2) is 35.1 Å². The smallest absolute Gasteiger partial charge is 0.0115 e. The molecule has 0 saturated heterocycles. The molecule has 0 radical (unpaired) electrons. The predicted molar refractivity (Wildman–Crippen MR) is 88.3 cm³/mol. The van der Waals surface area contributed by atoms with Crippen LogP contribution in [0, 0.1) is 5.41 Å². The molecule has 0 saturated carbocycles. The lowest BCUT2D eigenvalue weighted by Gasteiger charge is -2.27. The molecule has 110 valence electrons. The summed E-state index contributed by atoms with van der Waals surface area (Å²) in [4.78, 5) is 0. The van der Waals surface area contributed by atoms with E-state index in [1.54, 1.807) is 0 Å². The Bertz CT molecular complexity index is 343. The maximum Gasteiger partial charge on any atom is 0.0115 e. The van der Waals surface area contributed by atoms with E-state index in [2.05, 4.69) is 72.0 Å². The van der Waals surface area contributed by atoms with E-state index in [1.807, 2.05) is 0 Å². The third-order valence-electron chi connectivity index (χ3n) is 3.75. The lowest BCUT2D eigenvalue weighted by Crippen LogP contribution is -2.20. The molecule has 0 rings (SSSR count). The summed E-state index contributed by atoms with van der Waals surface area (Å²) in [5.74, 6) is 0. The number of allylic oxidation sites excluding steroid dienone is 6. The van der Waals surface area contributed by atoms with Gasteiger partial charge in [0.2, 0.25) is 0 Å². The minimum Gasteiger partial charge on any atom is -0.389 e. The van der Waals surface area contributed by atoms with Gasteiger partial charge in [0.1, 0.15) is 0 Å². The van der Waals surface area contributed by atoms with Gasteiger partial charge in [-0.3, -0.25) is 0 Å². The van der Waals surface area contributed by atoms with Gasteiger partial charge in [0, 0.05) is 12.2 Å². The third kappa shape index (κ3) is 6.66. The number of nitrogens with one attached hydrogen (secondary N) is 1. The molecule has 0 amide bonds. The highest BCUT2D eigenvalue weighted by atomic mass is 14.9. The Kier molecular flexibility index (Phi) is 8.54. The summed E-state index contributed by atoms with van der Waals surface area (Å²) in [5.41, 5.74) is 4.38. The molecular weight excluding hydrogens is 230 g/mol. The Balaban J connectivity index is 5.14. The normalized spacial score (nSPS) is 14.8. The van der Waals surface area contributed by atoms with Crippen LogP contribution in [-0.4, -0.2) is 6.54 Å². The first-order chi connectivity index (χ1) is 8.88. The zero-order valence-electron chi connectivity index (χ0n) is 14.1. The molecule has 0 bridgehead atoms. The SMILES string of the molecule is CCC/C(C)=C/C=C\C(=C(/C)NCC)C(C)(C)CC. The molecule has 0 atom stereocenters. The van der Waals surface area contributed by atoms with E-state index in [9.17, 15) is 0 Å². The summed E-state index contributed by atoms with van der Waals surface area (Å²) in [5, 5.41) is 3.46. The molecule has 0 aromatic heterocycles. The molecule has 0 fully saturated rings. The molecule has 0 spiro atoms. The fourth-order valence-electron chi connectivity index (χ4n) is 2.20. The van der Waals surface area contributed by atoms with Crippen molar-refractivity contribution in [3.05, 3.63) is 35.1 Å². The van der Waals surface area contributed by atoms with E-state index >= 15 is 0 Å². The van der Waals surface area contributed by atoms with Crippen molar-refractivity contribution in [1.29, 1.82) is 0 Å². The first-order valence-electron chi connectivity index (χ1n) is 7.68. The van der Waals surface area contributed by atoms with Crippen molar-refractivity contribution < 1.29 is 0 Å². The standard InChI is InChI=1S/C18H33N/c1-8-12-15(4)13-11-14-17(16(5)19-10-3)18(6,7)9-2/h11,13-14,19H,8-10,12H2,1-7H3/b14-11-,15-13+,17-16-. The van der Waals surface area contributed by atoms with Crippen LogP contribution < -0.4 is 5.32 Å². The number of hydrogen-bond donors (Lipinski definition) is 1. The van der Waals surface area contributed by atoms with Crippen molar-refractivity contribution >= 4 is 0 Å². The maximum atomic E-state index is 3.46. The Morgan fingerprint density at radius 3 is 2.21 bits per heavy atom. The van der Waals surface area contributed by atoms with Crippen molar-refractivity contribution in [3.63, 3.8) is 0 Å². The van der Waals surface area contributed by atoms with E-state index in [4.69, 9.17) is 0 Å². The summed E-state index contributed by atoms with van der Waals surface area (Å²) < 4.78 is 0. The van der Waals surface area contributed by atoms with Gasteiger partial charge in [-0.15, -0.1) is 0 Å².